The van der Waals surface area contributed by atoms with E-state index >= 15 is 0 Å². The van der Waals surface area contributed by atoms with Crippen molar-refractivity contribution in [3.05, 3.63) is 0 Å². The van der Waals surface area contributed by atoms with Gasteiger partial charge in [0.2, 0.25) is 0 Å². The van der Waals surface area contributed by atoms with Gasteiger partial charge in [-0.3, -0.25) is 4.90 Å². The van der Waals surface area contributed by atoms with E-state index in [-0.39, 0.29) is 0 Å². The molecule has 0 bridgehead atoms. The lowest BCUT2D eigenvalue weighted by Crippen LogP contribution is -2.62. The number of hydrogen-bond acceptors (Lipinski definition) is 2. The summed E-state index contributed by atoms with van der Waals surface area (Å²) in [5.74, 6) is 1.66. The Kier molecular flexibility index (Phi) is 5.30. The number of rotatable bonds is 4. The minimum absolute atomic E-state index is 0.295. The van der Waals surface area contributed by atoms with Crippen molar-refractivity contribution < 1.29 is 0 Å². The molecule has 0 spiro atoms. The Balaban J connectivity index is 2.18. The standard InChI is InChI=1S/C17H34N2/c1-4-15-10-7-8-12-17(15,13-18)19(3)16-11-6-5-9-14(16)2/h14-16H,4-13,18H2,1-3H3. The first-order chi connectivity index (χ1) is 9.15. The Bertz CT molecular complexity index is 278. The lowest BCUT2D eigenvalue weighted by atomic mass is 9.68. The van der Waals surface area contributed by atoms with E-state index in [2.05, 4.69) is 25.8 Å². The highest BCUT2D eigenvalue weighted by Gasteiger charge is 2.45. The topological polar surface area (TPSA) is 29.3 Å². The smallest absolute Gasteiger partial charge is 0.0359 e. The van der Waals surface area contributed by atoms with Crippen molar-refractivity contribution in [3.8, 4) is 0 Å². The molecule has 4 atom stereocenters. The van der Waals surface area contributed by atoms with Crippen molar-refractivity contribution in [2.24, 2.45) is 17.6 Å². The van der Waals surface area contributed by atoms with Crippen LogP contribution in [0.4, 0.5) is 0 Å². The molecule has 2 saturated carbocycles. The molecule has 2 heteroatoms. The maximum Gasteiger partial charge on any atom is 0.0359 e. The van der Waals surface area contributed by atoms with Crippen LogP contribution in [-0.2, 0) is 0 Å². The lowest BCUT2D eigenvalue weighted by molar-refractivity contribution is -0.0315. The van der Waals surface area contributed by atoms with E-state index in [1.807, 2.05) is 0 Å². The van der Waals surface area contributed by atoms with E-state index in [1.165, 1.54) is 57.8 Å². The second kappa shape index (κ2) is 6.58. The Morgan fingerprint density at radius 2 is 1.79 bits per heavy atom. The monoisotopic (exact) mass is 266 g/mol. The quantitative estimate of drug-likeness (QED) is 0.838. The first-order valence-corrected chi connectivity index (χ1v) is 8.58. The molecule has 2 N–H and O–H groups in total. The van der Waals surface area contributed by atoms with Crippen LogP contribution >= 0.6 is 0 Å². The van der Waals surface area contributed by atoms with Crippen LogP contribution in [0.3, 0.4) is 0 Å². The van der Waals surface area contributed by atoms with Crippen LogP contribution in [0.1, 0.15) is 71.6 Å². The van der Waals surface area contributed by atoms with Gasteiger partial charge in [0.25, 0.3) is 0 Å². The summed E-state index contributed by atoms with van der Waals surface area (Å²) in [6.07, 6.45) is 12.4. The van der Waals surface area contributed by atoms with Crippen LogP contribution in [0, 0.1) is 11.8 Å². The van der Waals surface area contributed by atoms with Gasteiger partial charge in [-0.05, 0) is 44.6 Å². The van der Waals surface area contributed by atoms with Crippen LogP contribution in [0.2, 0.25) is 0 Å². The number of likely N-dealkylation sites (N-methyl/N-ethyl adjacent to an activating group) is 1. The van der Waals surface area contributed by atoms with Gasteiger partial charge in [0.05, 0.1) is 0 Å². The van der Waals surface area contributed by atoms with Crippen molar-refractivity contribution in [2.45, 2.75) is 83.2 Å². The van der Waals surface area contributed by atoms with Gasteiger partial charge in [-0.2, -0.15) is 0 Å². The number of hydrogen-bond donors (Lipinski definition) is 1. The lowest BCUT2D eigenvalue weighted by Gasteiger charge is -2.54. The summed E-state index contributed by atoms with van der Waals surface area (Å²) in [6, 6.07) is 0.768. The van der Waals surface area contributed by atoms with E-state index in [4.69, 9.17) is 5.73 Å². The maximum absolute atomic E-state index is 6.32. The van der Waals surface area contributed by atoms with Crippen molar-refractivity contribution in [2.75, 3.05) is 13.6 Å². The molecule has 0 aromatic carbocycles. The second-order valence-corrected chi connectivity index (χ2v) is 7.10. The highest BCUT2D eigenvalue weighted by Crippen LogP contribution is 2.42. The first kappa shape index (κ1) is 15.3. The highest BCUT2D eigenvalue weighted by molar-refractivity contribution is 5.01. The Morgan fingerprint density at radius 3 is 2.42 bits per heavy atom. The molecule has 0 saturated heterocycles. The predicted octanol–water partition coefficient (Wildman–Crippen LogP) is 3.79. The Labute approximate surface area is 120 Å². The minimum atomic E-state index is 0.295. The third kappa shape index (κ3) is 2.85. The fourth-order valence-corrected chi connectivity index (χ4v) is 4.96. The third-order valence-electron chi connectivity index (χ3n) is 6.28. The van der Waals surface area contributed by atoms with Crippen LogP contribution in [0.5, 0.6) is 0 Å². The number of nitrogens with zero attached hydrogens (tertiary/aromatic N) is 1. The minimum Gasteiger partial charge on any atom is -0.329 e. The summed E-state index contributed by atoms with van der Waals surface area (Å²) in [4.78, 5) is 2.74. The highest BCUT2D eigenvalue weighted by atomic mass is 15.2. The van der Waals surface area contributed by atoms with Gasteiger partial charge in [0, 0.05) is 18.1 Å². The van der Waals surface area contributed by atoms with E-state index < -0.39 is 0 Å². The molecule has 2 fully saturated rings. The molecule has 0 aromatic rings. The average molecular weight is 266 g/mol. The molecule has 0 radical (unpaired) electrons. The Morgan fingerprint density at radius 1 is 1.11 bits per heavy atom. The number of nitrogens with two attached hydrogens (primary N) is 1. The molecular weight excluding hydrogens is 232 g/mol. The van der Waals surface area contributed by atoms with Crippen LogP contribution in [0.25, 0.3) is 0 Å². The molecule has 0 aromatic heterocycles. The largest absolute Gasteiger partial charge is 0.329 e. The zero-order valence-corrected chi connectivity index (χ0v) is 13.3. The Hall–Kier alpha value is -0.0800. The molecular formula is C17H34N2. The van der Waals surface area contributed by atoms with Crippen molar-refractivity contribution >= 4 is 0 Å². The van der Waals surface area contributed by atoms with Crippen molar-refractivity contribution in [1.82, 2.24) is 4.90 Å². The fourth-order valence-electron chi connectivity index (χ4n) is 4.96. The average Bonchev–Trinajstić information content (AvgIpc) is 2.46. The van der Waals surface area contributed by atoms with E-state index in [1.54, 1.807) is 0 Å². The SMILES string of the molecule is CCC1CCCCC1(CN)N(C)C1CCCCC1C. The first-order valence-electron chi connectivity index (χ1n) is 8.58. The van der Waals surface area contributed by atoms with Crippen LogP contribution in [0.15, 0.2) is 0 Å². The molecule has 2 nitrogen and oxygen atoms in total. The third-order valence-corrected chi connectivity index (χ3v) is 6.28. The summed E-state index contributed by atoms with van der Waals surface area (Å²) in [6.45, 7) is 5.66. The molecule has 2 aliphatic rings. The van der Waals surface area contributed by atoms with E-state index in [9.17, 15) is 0 Å². The van der Waals surface area contributed by atoms with E-state index in [0.717, 1.165) is 24.4 Å². The molecule has 0 heterocycles. The van der Waals surface area contributed by atoms with Crippen molar-refractivity contribution in [1.29, 1.82) is 0 Å². The molecule has 2 rings (SSSR count). The summed E-state index contributed by atoms with van der Waals surface area (Å²) >= 11 is 0. The van der Waals surface area contributed by atoms with Gasteiger partial charge in [0.1, 0.15) is 0 Å². The molecule has 0 amide bonds. The maximum atomic E-state index is 6.32. The predicted molar refractivity (Wildman–Crippen MR) is 83.2 cm³/mol. The summed E-state index contributed by atoms with van der Waals surface area (Å²) in [7, 11) is 2.38. The van der Waals surface area contributed by atoms with Gasteiger partial charge in [-0.15, -0.1) is 0 Å². The molecule has 112 valence electrons. The summed E-state index contributed by atoms with van der Waals surface area (Å²) in [5, 5.41) is 0. The van der Waals surface area contributed by atoms with E-state index in [0.29, 0.717) is 5.54 Å². The van der Waals surface area contributed by atoms with Gasteiger partial charge in [-0.25, -0.2) is 0 Å². The molecule has 19 heavy (non-hydrogen) atoms. The second-order valence-electron chi connectivity index (χ2n) is 7.10. The van der Waals surface area contributed by atoms with Gasteiger partial charge < -0.3 is 5.73 Å². The fraction of sp³-hybridized carbons (Fsp3) is 1.00. The zero-order chi connectivity index (χ0) is 13.9. The summed E-state index contributed by atoms with van der Waals surface area (Å²) in [5.41, 5.74) is 6.61. The van der Waals surface area contributed by atoms with Gasteiger partial charge in [-0.1, -0.05) is 46.0 Å². The van der Waals surface area contributed by atoms with Gasteiger partial charge >= 0.3 is 0 Å². The van der Waals surface area contributed by atoms with Crippen LogP contribution < -0.4 is 5.73 Å². The molecule has 2 aliphatic carbocycles. The zero-order valence-electron chi connectivity index (χ0n) is 13.3. The van der Waals surface area contributed by atoms with Crippen LogP contribution in [-0.4, -0.2) is 30.1 Å². The molecule has 0 aliphatic heterocycles. The summed E-state index contributed by atoms with van der Waals surface area (Å²) < 4.78 is 0. The van der Waals surface area contributed by atoms with Crippen molar-refractivity contribution in [3.63, 3.8) is 0 Å². The van der Waals surface area contributed by atoms with Gasteiger partial charge in [0.15, 0.2) is 0 Å². The normalized spacial score (nSPS) is 40.6. The molecule has 4 unspecified atom stereocenters.